The molecular formula is C21H31NO4. The first kappa shape index (κ1) is 20.3. The van der Waals surface area contributed by atoms with E-state index in [1.165, 1.54) is 19.3 Å². The topological polar surface area (TPSA) is 64.6 Å². The number of amides is 1. The van der Waals surface area contributed by atoms with E-state index in [0.29, 0.717) is 17.9 Å². The summed E-state index contributed by atoms with van der Waals surface area (Å²) in [6, 6.07) is 7.18. The van der Waals surface area contributed by atoms with Crippen LogP contribution in [-0.2, 0) is 9.53 Å². The monoisotopic (exact) mass is 361 g/mol. The number of carbonyl (C=O) groups is 2. The normalized spacial score (nSPS) is 15.9. The van der Waals surface area contributed by atoms with Gasteiger partial charge in [0.25, 0.3) is 5.91 Å². The van der Waals surface area contributed by atoms with Gasteiger partial charge in [-0.3, -0.25) is 4.79 Å². The summed E-state index contributed by atoms with van der Waals surface area (Å²) < 4.78 is 10.8. The third-order valence-corrected chi connectivity index (χ3v) is 4.69. The number of ether oxygens (including phenoxy) is 2. The van der Waals surface area contributed by atoms with Crippen molar-refractivity contribution in [3.05, 3.63) is 29.8 Å². The quantitative estimate of drug-likeness (QED) is 0.527. The Bertz CT molecular complexity index is 564. The summed E-state index contributed by atoms with van der Waals surface area (Å²) in [6.07, 6.45) is 8.09. The van der Waals surface area contributed by atoms with Gasteiger partial charge in [-0.05, 0) is 50.5 Å². The molecule has 2 rings (SSSR count). The molecule has 5 nitrogen and oxygen atoms in total. The van der Waals surface area contributed by atoms with Gasteiger partial charge < -0.3 is 14.8 Å². The highest BCUT2D eigenvalue weighted by atomic mass is 16.6. The maximum atomic E-state index is 12.3. The maximum Gasteiger partial charge on any atom is 0.347 e. The lowest BCUT2D eigenvalue weighted by Crippen LogP contribution is -2.36. The zero-order valence-electron chi connectivity index (χ0n) is 16.0. The minimum absolute atomic E-state index is 0.0492. The number of hydrogen-bond acceptors (Lipinski definition) is 4. The Hall–Kier alpha value is -2.04. The highest BCUT2D eigenvalue weighted by molar-refractivity contribution is 5.94. The van der Waals surface area contributed by atoms with Gasteiger partial charge in [0.15, 0.2) is 6.10 Å². The Morgan fingerprint density at radius 3 is 2.46 bits per heavy atom. The van der Waals surface area contributed by atoms with Gasteiger partial charge in [-0.25, -0.2) is 4.79 Å². The van der Waals surface area contributed by atoms with Crippen LogP contribution in [0.2, 0.25) is 0 Å². The van der Waals surface area contributed by atoms with Crippen LogP contribution in [0.25, 0.3) is 0 Å². The van der Waals surface area contributed by atoms with Crippen LogP contribution >= 0.6 is 0 Å². The molecular weight excluding hydrogens is 330 g/mol. The Balaban J connectivity index is 1.78. The zero-order valence-corrected chi connectivity index (χ0v) is 16.0. The van der Waals surface area contributed by atoms with Gasteiger partial charge in [0.05, 0.1) is 6.61 Å². The lowest BCUT2D eigenvalue weighted by Gasteiger charge is -2.22. The smallest absolute Gasteiger partial charge is 0.347 e. The van der Waals surface area contributed by atoms with Crippen LogP contribution in [0.3, 0.4) is 0 Å². The van der Waals surface area contributed by atoms with Gasteiger partial charge in [-0.1, -0.05) is 39.0 Å². The molecule has 1 saturated carbocycles. The molecule has 5 heteroatoms. The predicted molar refractivity (Wildman–Crippen MR) is 101 cm³/mol. The molecule has 144 valence electrons. The van der Waals surface area contributed by atoms with E-state index in [4.69, 9.17) is 9.47 Å². The molecule has 1 aromatic carbocycles. The lowest BCUT2D eigenvalue weighted by atomic mass is 9.95. The fourth-order valence-corrected chi connectivity index (χ4v) is 3.09. The van der Waals surface area contributed by atoms with Crippen molar-refractivity contribution >= 4 is 11.9 Å². The molecule has 1 atom stereocenters. The van der Waals surface area contributed by atoms with Crippen LogP contribution in [0.1, 0.15) is 75.6 Å². The SMILES string of the molecule is CCCCCOC(=O)[C@@H](C)Oc1ccc(C(=O)NC2CCCCC2)cc1. The van der Waals surface area contributed by atoms with Gasteiger partial charge in [-0.2, -0.15) is 0 Å². The number of unbranched alkanes of at least 4 members (excludes halogenated alkanes) is 2. The minimum atomic E-state index is -0.668. The van der Waals surface area contributed by atoms with Gasteiger partial charge in [-0.15, -0.1) is 0 Å². The number of carbonyl (C=O) groups excluding carboxylic acids is 2. The third-order valence-electron chi connectivity index (χ3n) is 4.69. The third kappa shape index (κ3) is 6.70. The van der Waals surface area contributed by atoms with Gasteiger partial charge in [0.1, 0.15) is 5.75 Å². The summed E-state index contributed by atoms with van der Waals surface area (Å²) in [4.78, 5) is 24.2. The molecule has 0 bridgehead atoms. The Morgan fingerprint density at radius 2 is 1.81 bits per heavy atom. The van der Waals surface area contributed by atoms with E-state index in [9.17, 15) is 9.59 Å². The number of hydrogen-bond donors (Lipinski definition) is 1. The molecule has 1 N–H and O–H groups in total. The standard InChI is InChI=1S/C21H31NO4/c1-3-4-8-15-25-21(24)16(2)26-19-13-11-17(12-14-19)20(23)22-18-9-6-5-7-10-18/h11-14,16,18H,3-10,15H2,1-2H3,(H,22,23)/t16-/m1/s1. The van der Waals surface area contributed by atoms with Crippen molar-refractivity contribution in [1.29, 1.82) is 0 Å². The van der Waals surface area contributed by atoms with Crippen LogP contribution in [0.4, 0.5) is 0 Å². The van der Waals surface area contributed by atoms with E-state index in [0.717, 1.165) is 32.1 Å². The summed E-state index contributed by atoms with van der Waals surface area (Å²) >= 11 is 0. The van der Waals surface area contributed by atoms with Gasteiger partial charge in [0, 0.05) is 11.6 Å². The van der Waals surface area contributed by atoms with Crippen molar-refractivity contribution in [2.45, 2.75) is 77.4 Å². The molecule has 0 heterocycles. The van der Waals surface area contributed by atoms with Crippen LogP contribution in [0, 0.1) is 0 Å². The second-order valence-corrected chi connectivity index (χ2v) is 6.97. The number of esters is 1. The molecule has 0 aliphatic heterocycles. The molecule has 26 heavy (non-hydrogen) atoms. The van der Waals surface area contributed by atoms with E-state index < -0.39 is 6.10 Å². The molecule has 0 spiro atoms. The molecule has 1 aliphatic rings. The molecule has 0 unspecified atom stereocenters. The van der Waals surface area contributed by atoms with Gasteiger partial charge in [0.2, 0.25) is 0 Å². The van der Waals surface area contributed by atoms with E-state index in [2.05, 4.69) is 12.2 Å². The summed E-state index contributed by atoms with van der Waals surface area (Å²) in [6.45, 7) is 4.21. The summed E-state index contributed by atoms with van der Waals surface area (Å²) in [5.41, 5.74) is 0.609. The van der Waals surface area contributed by atoms with Crippen LogP contribution in [0.15, 0.2) is 24.3 Å². The van der Waals surface area contributed by atoms with E-state index in [1.807, 2.05) is 0 Å². The second-order valence-electron chi connectivity index (χ2n) is 6.97. The first-order chi connectivity index (χ1) is 12.6. The fourth-order valence-electron chi connectivity index (χ4n) is 3.09. The summed E-state index contributed by atoms with van der Waals surface area (Å²) in [5, 5.41) is 3.09. The Labute approximate surface area is 156 Å². The highest BCUT2D eigenvalue weighted by Crippen LogP contribution is 2.19. The number of benzene rings is 1. The first-order valence-corrected chi connectivity index (χ1v) is 9.84. The Kier molecular flexibility index (Phi) is 8.45. The van der Waals surface area contributed by atoms with Crippen LogP contribution in [-0.4, -0.2) is 30.6 Å². The molecule has 1 fully saturated rings. The molecule has 1 aromatic rings. The molecule has 1 aliphatic carbocycles. The van der Waals surface area contributed by atoms with E-state index >= 15 is 0 Å². The maximum absolute atomic E-state index is 12.3. The predicted octanol–water partition coefficient (Wildman–Crippen LogP) is 4.25. The average Bonchev–Trinajstić information content (AvgIpc) is 2.66. The second kappa shape index (κ2) is 10.8. The molecule has 0 saturated heterocycles. The van der Waals surface area contributed by atoms with Crippen LogP contribution < -0.4 is 10.1 Å². The van der Waals surface area contributed by atoms with E-state index in [1.54, 1.807) is 31.2 Å². The highest BCUT2D eigenvalue weighted by Gasteiger charge is 2.18. The fraction of sp³-hybridized carbons (Fsp3) is 0.619. The number of nitrogens with one attached hydrogen (secondary N) is 1. The zero-order chi connectivity index (χ0) is 18.8. The average molecular weight is 361 g/mol. The van der Waals surface area contributed by atoms with Crippen LogP contribution in [0.5, 0.6) is 5.75 Å². The first-order valence-electron chi connectivity index (χ1n) is 9.84. The van der Waals surface area contributed by atoms with Crippen molar-refractivity contribution in [2.24, 2.45) is 0 Å². The number of rotatable bonds is 9. The van der Waals surface area contributed by atoms with E-state index in [-0.39, 0.29) is 17.9 Å². The lowest BCUT2D eigenvalue weighted by molar-refractivity contribution is -0.151. The molecule has 0 radical (unpaired) electrons. The van der Waals surface area contributed by atoms with Crippen molar-refractivity contribution in [3.63, 3.8) is 0 Å². The van der Waals surface area contributed by atoms with Crippen molar-refractivity contribution in [3.8, 4) is 5.75 Å². The van der Waals surface area contributed by atoms with Gasteiger partial charge >= 0.3 is 5.97 Å². The summed E-state index contributed by atoms with van der Waals surface area (Å²) in [7, 11) is 0. The summed E-state index contributed by atoms with van der Waals surface area (Å²) in [5.74, 6) is 0.143. The molecule has 0 aromatic heterocycles. The van der Waals surface area contributed by atoms with Crippen molar-refractivity contribution in [1.82, 2.24) is 5.32 Å². The largest absolute Gasteiger partial charge is 0.479 e. The van der Waals surface area contributed by atoms with Crippen molar-refractivity contribution < 1.29 is 19.1 Å². The Morgan fingerprint density at radius 1 is 1.12 bits per heavy atom. The molecule has 1 amide bonds. The van der Waals surface area contributed by atoms with Crippen molar-refractivity contribution in [2.75, 3.05) is 6.61 Å². The minimum Gasteiger partial charge on any atom is -0.479 e.